The minimum atomic E-state index is 0.820. The number of amidine groups is 2. The number of hydrogen-bond donors (Lipinski definition) is 0. The lowest BCUT2D eigenvalue weighted by atomic mass is 10.4. The van der Waals surface area contributed by atoms with Gasteiger partial charge in [0.05, 0.1) is 4.91 Å². The highest BCUT2D eigenvalue weighted by molar-refractivity contribution is 8.18. The molecule has 0 amide bonds. The van der Waals surface area contributed by atoms with Gasteiger partial charge in [-0.2, -0.15) is 0 Å². The molecule has 1 fully saturated rings. The summed E-state index contributed by atoms with van der Waals surface area (Å²) in [6.45, 7) is 4.88. The number of nitrogens with zero attached hydrogens (tertiary/aromatic N) is 3. The molecule has 1 aliphatic heterocycles. The molecule has 1 saturated heterocycles. The summed E-state index contributed by atoms with van der Waals surface area (Å²) in [4.78, 5) is 11.8. The summed E-state index contributed by atoms with van der Waals surface area (Å²) in [7, 11) is 3.81. The Labute approximate surface area is 83.6 Å². The maximum Gasteiger partial charge on any atom is 0.169 e. The van der Waals surface area contributed by atoms with Gasteiger partial charge in [-0.1, -0.05) is 6.08 Å². The highest BCUT2D eigenvalue weighted by atomic mass is 32.2. The van der Waals surface area contributed by atoms with Gasteiger partial charge in [-0.15, -0.1) is 0 Å². The molecule has 13 heavy (non-hydrogen) atoms. The number of aliphatic imine (C=N–C) groups is 2. The number of allylic oxidation sites excluding steroid dienone is 1. The molecule has 1 aliphatic rings. The van der Waals surface area contributed by atoms with E-state index in [1.807, 2.05) is 32.8 Å². The van der Waals surface area contributed by atoms with Crippen LogP contribution in [0.4, 0.5) is 0 Å². The van der Waals surface area contributed by atoms with Crippen LogP contribution in [0, 0.1) is 0 Å². The molecule has 0 atom stereocenters. The molecule has 0 saturated carbocycles. The average Bonchev–Trinajstić information content (AvgIpc) is 2.44. The largest absolute Gasteiger partial charge is 0.308 e. The molecule has 1 rings (SSSR count). The fraction of sp³-hybridized carbons (Fsp3) is 0.556. The molecule has 0 aliphatic carbocycles. The van der Waals surface area contributed by atoms with Crippen LogP contribution in [0.5, 0.6) is 0 Å². The summed E-state index contributed by atoms with van der Waals surface area (Å²) in [5.41, 5.74) is 0. The summed E-state index contributed by atoms with van der Waals surface area (Å²) < 4.78 is 0. The molecule has 0 unspecified atom stereocenters. The minimum absolute atomic E-state index is 0.820. The molecule has 0 bridgehead atoms. The van der Waals surface area contributed by atoms with Crippen molar-refractivity contribution in [2.24, 2.45) is 9.98 Å². The fourth-order valence-corrected chi connectivity index (χ4v) is 2.24. The number of rotatable bonds is 1. The Morgan fingerprint density at radius 3 is 2.62 bits per heavy atom. The summed E-state index contributed by atoms with van der Waals surface area (Å²) in [6, 6.07) is 0. The van der Waals surface area contributed by atoms with Gasteiger partial charge in [0, 0.05) is 20.6 Å². The Bertz CT molecular complexity index is 279. The SMILES string of the molecule is C/C=C1\S/C(=N\CC)N(C)\C1=N/C. The lowest BCUT2D eigenvalue weighted by molar-refractivity contribution is 0.769. The second-order valence-electron chi connectivity index (χ2n) is 2.62. The summed E-state index contributed by atoms with van der Waals surface area (Å²) in [6.07, 6.45) is 2.07. The quantitative estimate of drug-likeness (QED) is 0.643. The zero-order valence-electron chi connectivity index (χ0n) is 8.53. The molecule has 0 aromatic carbocycles. The van der Waals surface area contributed by atoms with E-state index in [1.54, 1.807) is 11.8 Å². The maximum absolute atomic E-state index is 4.38. The van der Waals surface area contributed by atoms with E-state index in [0.717, 1.165) is 17.5 Å². The van der Waals surface area contributed by atoms with Gasteiger partial charge in [-0.3, -0.25) is 9.98 Å². The maximum atomic E-state index is 4.38. The standard InChI is InChI=1S/C9H15N3S/c1-5-7-8(10-3)12(4)9(13-7)11-6-2/h5H,6H2,1-4H3/b7-5-,10-8-,11-9-. The Hall–Kier alpha value is -0.770. The Morgan fingerprint density at radius 1 is 1.54 bits per heavy atom. The van der Waals surface area contributed by atoms with Crippen LogP contribution in [-0.2, 0) is 0 Å². The summed E-state index contributed by atoms with van der Waals surface area (Å²) >= 11 is 1.68. The van der Waals surface area contributed by atoms with Crippen molar-refractivity contribution < 1.29 is 0 Å². The Morgan fingerprint density at radius 2 is 2.23 bits per heavy atom. The van der Waals surface area contributed by atoms with Crippen molar-refractivity contribution in [1.82, 2.24) is 4.90 Å². The van der Waals surface area contributed by atoms with E-state index in [1.165, 1.54) is 4.91 Å². The third-order valence-electron chi connectivity index (χ3n) is 1.79. The third-order valence-corrected chi connectivity index (χ3v) is 3.02. The minimum Gasteiger partial charge on any atom is -0.308 e. The Kier molecular flexibility index (Phi) is 3.54. The molecular weight excluding hydrogens is 182 g/mol. The van der Waals surface area contributed by atoms with Crippen LogP contribution in [0.15, 0.2) is 21.0 Å². The van der Waals surface area contributed by atoms with Crippen molar-refractivity contribution in [2.45, 2.75) is 13.8 Å². The fourth-order valence-electron chi connectivity index (χ4n) is 1.19. The zero-order chi connectivity index (χ0) is 9.84. The van der Waals surface area contributed by atoms with Crippen LogP contribution in [0.25, 0.3) is 0 Å². The van der Waals surface area contributed by atoms with Crippen LogP contribution in [0.2, 0.25) is 0 Å². The molecule has 0 spiro atoms. The van der Waals surface area contributed by atoms with Gasteiger partial charge in [0.2, 0.25) is 0 Å². The monoisotopic (exact) mass is 197 g/mol. The first-order valence-electron chi connectivity index (χ1n) is 4.34. The molecule has 0 N–H and O–H groups in total. The van der Waals surface area contributed by atoms with Gasteiger partial charge in [0.25, 0.3) is 0 Å². The molecule has 4 heteroatoms. The first-order valence-corrected chi connectivity index (χ1v) is 5.15. The van der Waals surface area contributed by atoms with Crippen molar-refractivity contribution in [3.8, 4) is 0 Å². The van der Waals surface area contributed by atoms with Crippen LogP contribution >= 0.6 is 11.8 Å². The Balaban J connectivity index is 2.98. The van der Waals surface area contributed by atoms with Crippen LogP contribution in [0.1, 0.15) is 13.8 Å². The van der Waals surface area contributed by atoms with Crippen LogP contribution < -0.4 is 0 Å². The van der Waals surface area contributed by atoms with Crippen LogP contribution in [-0.4, -0.2) is 36.5 Å². The first kappa shape index (κ1) is 10.3. The molecule has 1 heterocycles. The van der Waals surface area contributed by atoms with Gasteiger partial charge in [0.15, 0.2) is 5.17 Å². The highest BCUT2D eigenvalue weighted by Gasteiger charge is 2.26. The summed E-state index contributed by atoms with van der Waals surface area (Å²) in [5, 5.41) is 1.04. The topological polar surface area (TPSA) is 28.0 Å². The van der Waals surface area contributed by atoms with Gasteiger partial charge < -0.3 is 4.90 Å². The van der Waals surface area contributed by atoms with E-state index in [0.29, 0.717) is 0 Å². The van der Waals surface area contributed by atoms with Gasteiger partial charge in [0.1, 0.15) is 5.84 Å². The van der Waals surface area contributed by atoms with Crippen LogP contribution in [0.3, 0.4) is 0 Å². The van der Waals surface area contributed by atoms with Crippen molar-refractivity contribution in [3.63, 3.8) is 0 Å². The number of likely N-dealkylation sites (N-methyl/N-ethyl adjacent to an activating group) is 1. The lowest BCUT2D eigenvalue weighted by Gasteiger charge is -2.10. The zero-order valence-corrected chi connectivity index (χ0v) is 9.35. The highest BCUT2D eigenvalue weighted by Crippen LogP contribution is 2.30. The normalized spacial score (nSPS) is 26.8. The summed E-state index contributed by atoms with van der Waals surface area (Å²) in [5.74, 6) is 1.01. The second-order valence-corrected chi connectivity index (χ2v) is 3.63. The second kappa shape index (κ2) is 4.46. The van der Waals surface area contributed by atoms with Crippen molar-refractivity contribution >= 4 is 22.8 Å². The predicted octanol–water partition coefficient (Wildman–Crippen LogP) is 1.97. The van der Waals surface area contributed by atoms with Gasteiger partial charge in [-0.25, -0.2) is 0 Å². The molecule has 0 radical (unpaired) electrons. The number of hydrogen-bond acceptors (Lipinski definition) is 3. The molecule has 0 aromatic heterocycles. The van der Waals surface area contributed by atoms with E-state index < -0.39 is 0 Å². The van der Waals surface area contributed by atoms with E-state index in [4.69, 9.17) is 0 Å². The molecule has 72 valence electrons. The molecule has 3 nitrogen and oxygen atoms in total. The average molecular weight is 197 g/mol. The van der Waals surface area contributed by atoms with Crippen molar-refractivity contribution in [3.05, 3.63) is 11.0 Å². The van der Waals surface area contributed by atoms with Crippen molar-refractivity contribution in [2.75, 3.05) is 20.6 Å². The molecular formula is C9H15N3S. The smallest absolute Gasteiger partial charge is 0.169 e. The van der Waals surface area contributed by atoms with E-state index in [9.17, 15) is 0 Å². The predicted molar refractivity (Wildman–Crippen MR) is 60.4 cm³/mol. The van der Waals surface area contributed by atoms with E-state index >= 15 is 0 Å². The lowest BCUT2D eigenvalue weighted by Crippen LogP contribution is -2.24. The third kappa shape index (κ3) is 1.94. The van der Waals surface area contributed by atoms with E-state index in [-0.39, 0.29) is 0 Å². The number of thioether (sulfide) groups is 1. The molecule has 0 aromatic rings. The first-order chi connectivity index (χ1) is 6.24. The van der Waals surface area contributed by atoms with Gasteiger partial charge in [-0.05, 0) is 25.6 Å². The van der Waals surface area contributed by atoms with E-state index in [2.05, 4.69) is 16.1 Å². The van der Waals surface area contributed by atoms with Gasteiger partial charge >= 0.3 is 0 Å². The van der Waals surface area contributed by atoms with Crippen molar-refractivity contribution in [1.29, 1.82) is 0 Å².